The lowest BCUT2D eigenvalue weighted by Crippen LogP contribution is -2.36. The zero-order valence-electron chi connectivity index (χ0n) is 13.1. The van der Waals surface area contributed by atoms with E-state index in [1.165, 1.54) is 25.7 Å². The summed E-state index contributed by atoms with van der Waals surface area (Å²) in [5, 5.41) is 3.55. The Hall–Kier alpha value is -1.29. The van der Waals surface area contributed by atoms with Crippen LogP contribution < -0.4 is 10.2 Å². The summed E-state index contributed by atoms with van der Waals surface area (Å²) in [7, 11) is 0. The molecule has 1 saturated heterocycles. The van der Waals surface area contributed by atoms with E-state index in [1.54, 1.807) is 0 Å². The predicted molar refractivity (Wildman–Crippen MR) is 86.9 cm³/mol. The van der Waals surface area contributed by atoms with E-state index in [2.05, 4.69) is 34.3 Å². The molecule has 1 aliphatic heterocycles. The molecule has 0 bridgehead atoms. The highest BCUT2D eigenvalue weighted by Crippen LogP contribution is 2.28. The number of pyridine rings is 1. The smallest absolute Gasteiger partial charge is 0.128 e. The Balaban J connectivity index is 1.48. The number of hydrogen-bond donors (Lipinski definition) is 1. The first kappa shape index (κ1) is 14.6. The van der Waals surface area contributed by atoms with Gasteiger partial charge in [0, 0.05) is 19.6 Å². The Morgan fingerprint density at radius 1 is 1.19 bits per heavy atom. The first-order valence-corrected chi connectivity index (χ1v) is 8.34. The highest BCUT2D eigenvalue weighted by Gasteiger charge is 2.18. The quantitative estimate of drug-likeness (QED) is 0.924. The molecule has 3 rings (SSSR count). The van der Waals surface area contributed by atoms with Gasteiger partial charge in [0.15, 0.2) is 0 Å². The number of anilines is 2. The van der Waals surface area contributed by atoms with Crippen molar-refractivity contribution in [3.05, 3.63) is 18.3 Å². The molecule has 0 radical (unpaired) electrons. The van der Waals surface area contributed by atoms with Crippen LogP contribution in [0.1, 0.15) is 32.6 Å². The van der Waals surface area contributed by atoms with Gasteiger partial charge < -0.3 is 15.0 Å². The largest absolute Gasteiger partial charge is 0.384 e. The summed E-state index contributed by atoms with van der Waals surface area (Å²) in [6, 6.07) is 4.28. The molecule has 2 heterocycles. The van der Waals surface area contributed by atoms with Gasteiger partial charge in [-0.25, -0.2) is 4.98 Å². The number of rotatable bonds is 4. The van der Waals surface area contributed by atoms with Crippen molar-refractivity contribution in [3.8, 4) is 0 Å². The molecule has 1 saturated carbocycles. The normalized spacial score (nSPS) is 26.6. The summed E-state index contributed by atoms with van der Waals surface area (Å²) in [6.45, 7) is 6.97. The minimum absolute atomic E-state index is 0.807. The Kier molecular flexibility index (Phi) is 4.96. The number of nitrogens with one attached hydrogen (secondary N) is 1. The molecule has 2 aliphatic rings. The van der Waals surface area contributed by atoms with Crippen LogP contribution in [-0.4, -0.2) is 37.8 Å². The second-order valence-electron chi connectivity index (χ2n) is 6.51. The molecule has 1 aromatic heterocycles. The standard InChI is InChI=1S/C17H27N3O/c1-14-2-4-15(5-3-14)12-18-16-6-7-17(19-13-16)20-8-10-21-11-9-20/h6-7,13-15,18H,2-5,8-12H2,1H3. The van der Waals surface area contributed by atoms with Crippen LogP contribution in [0.25, 0.3) is 0 Å². The first-order chi connectivity index (χ1) is 10.3. The number of ether oxygens (including phenoxy) is 1. The molecule has 2 fully saturated rings. The molecule has 116 valence electrons. The van der Waals surface area contributed by atoms with Crippen molar-refractivity contribution in [2.24, 2.45) is 11.8 Å². The van der Waals surface area contributed by atoms with E-state index in [4.69, 9.17) is 4.74 Å². The summed E-state index contributed by atoms with van der Waals surface area (Å²) in [6.07, 6.45) is 7.48. The number of aromatic nitrogens is 1. The summed E-state index contributed by atoms with van der Waals surface area (Å²) in [4.78, 5) is 6.87. The van der Waals surface area contributed by atoms with Crippen LogP contribution in [0.5, 0.6) is 0 Å². The Morgan fingerprint density at radius 3 is 2.62 bits per heavy atom. The maximum Gasteiger partial charge on any atom is 0.128 e. The van der Waals surface area contributed by atoms with Crippen molar-refractivity contribution in [2.75, 3.05) is 43.1 Å². The van der Waals surface area contributed by atoms with Gasteiger partial charge in [-0.15, -0.1) is 0 Å². The predicted octanol–water partition coefficient (Wildman–Crippen LogP) is 3.16. The fraction of sp³-hybridized carbons (Fsp3) is 0.706. The molecule has 0 atom stereocenters. The van der Waals surface area contributed by atoms with Crippen molar-refractivity contribution in [3.63, 3.8) is 0 Å². The van der Waals surface area contributed by atoms with Gasteiger partial charge in [0.25, 0.3) is 0 Å². The highest BCUT2D eigenvalue weighted by atomic mass is 16.5. The van der Waals surface area contributed by atoms with Crippen molar-refractivity contribution < 1.29 is 4.74 Å². The second-order valence-corrected chi connectivity index (χ2v) is 6.51. The van der Waals surface area contributed by atoms with E-state index in [9.17, 15) is 0 Å². The van der Waals surface area contributed by atoms with Gasteiger partial charge in [0.05, 0.1) is 25.1 Å². The molecule has 0 spiro atoms. The Morgan fingerprint density at radius 2 is 1.95 bits per heavy atom. The second kappa shape index (κ2) is 7.12. The van der Waals surface area contributed by atoms with Crippen LogP contribution >= 0.6 is 0 Å². The molecule has 4 heteroatoms. The maximum atomic E-state index is 5.38. The van der Waals surface area contributed by atoms with Gasteiger partial charge in [-0.3, -0.25) is 0 Å². The monoisotopic (exact) mass is 289 g/mol. The summed E-state index contributed by atoms with van der Waals surface area (Å²) in [5.74, 6) is 2.83. The molecular formula is C17H27N3O. The van der Waals surface area contributed by atoms with Crippen molar-refractivity contribution in [1.82, 2.24) is 4.98 Å². The van der Waals surface area contributed by atoms with Gasteiger partial charge in [-0.1, -0.05) is 19.8 Å². The van der Waals surface area contributed by atoms with E-state index < -0.39 is 0 Å². The molecular weight excluding hydrogens is 262 g/mol. The summed E-state index contributed by atoms with van der Waals surface area (Å²) < 4.78 is 5.38. The third-order valence-corrected chi connectivity index (χ3v) is 4.81. The average molecular weight is 289 g/mol. The Labute approximate surface area is 127 Å². The minimum atomic E-state index is 0.807. The molecule has 4 nitrogen and oxygen atoms in total. The SMILES string of the molecule is CC1CCC(CNc2ccc(N3CCOCC3)nc2)CC1. The van der Waals surface area contributed by atoms with Gasteiger partial charge in [0.1, 0.15) is 5.82 Å². The number of morpholine rings is 1. The fourth-order valence-electron chi connectivity index (χ4n) is 3.27. The molecule has 1 N–H and O–H groups in total. The van der Waals surface area contributed by atoms with Gasteiger partial charge in [-0.05, 0) is 36.8 Å². The summed E-state index contributed by atoms with van der Waals surface area (Å²) >= 11 is 0. The lowest BCUT2D eigenvalue weighted by molar-refractivity contribution is 0.122. The van der Waals surface area contributed by atoms with E-state index in [-0.39, 0.29) is 0 Å². The molecule has 0 unspecified atom stereocenters. The van der Waals surface area contributed by atoms with E-state index in [0.717, 1.165) is 56.2 Å². The van der Waals surface area contributed by atoms with E-state index in [0.29, 0.717) is 0 Å². The molecule has 1 aromatic rings. The van der Waals surface area contributed by atoms with Crippen LogP contribution in [0.3, 0.4) is 0 Å². The molecule has 0 amide bonds. The first-order valence-electron chi connectivity index (χ1n) is 8.34. The Bertz CT molecular complexity index is 420. The third kappa shape index (κ3) is 4.10. The molecule has 1 aliphatic carbocycles. The zero-order chi connectivity index (χ0) is 14.5. The fourth-order valence-corrected chi connectivity index (χ4v) is 3.27. The molecule has 21 heavy (non-hydrogen) atoms. The third-order valence-electron chi connectivity index (χ3n) is 4.81. The number of hydrogen-bond acceptors (Lipinski definition) is 4. The highest BCUT2D eigenvalue weighted by molar-refractivity contribution is 5.48. The minimum Gasteiger partial charge on any atom is -0.384 e. The maximum absolute atomic E-state index is 5.38. The lowest BCUT2D eigenvalue weighted by Gasteiger charge is -2.28. The average Bonchev–Trinajstić information content (AvgIpc) is 2.56. The van der Waals surface area contributed by atoms with Crippen molar-refractivity contribution >= 4 is 11.5 Å². The number of nitrogens with zero attached hydrogens (tertiary/aromatic N) is 2. The van der Waals surface area contributed by atoms with Crippen LogP contribution in [0, 0.1) is 11.8 Å². The van der Waals surface area contributed by atoms with Crippen molar-refractivity contribution in [2.45, 2.75) is 32.6 Å². The van der Waals surface area contributed by atoms with Crippen LogP contribution in [0.15, 0.2) is 18.3 Å². The van der Waals surface area contributed by atoms with Crippen LogP contribution in [0.4, 0.5) is 11.5 Å². The van der Waals surface area contributed by atoms with E-state index >= 15 is 0 Å². The summed E-state index contributed by atoms with van der Waals surface area (Å²) in [5.41, 5.74) is 1.14. The van der Waals surface area contributed by atoms with Crippen LogP contribution in [-0.2, 0) is 4.74 Å². The van der Waals surface area contributed by atoms with Gasteiger partial charge in [0.2, 0.25) is 0 Å². The lowest BCUT2D eigenvalue weighted by atomic mass is 9.83. The van der Waals surface area contributed by atoms with Gasteiger partial charge in [-0.2, -0.15) is 0 Å². The molecule has 0 aromatic carbocycles. The zero-order valence-corrected chi connectivity index (χ0v) is 13.1. The van der Waals surface area contributed by atoms with Crippen LogP contribution in [0.2, 0.25) is 0 Å². The van der Waals surface area contributed by atoms with Gasteiger partial charge >= 0.3 is 0 Å². The van der Waals surface area contributed by atoms with Crippen molar-refractivity contribution in [1.29, 1.82) is 0 Å². The topological polar surface area (TPSA) is 37.4 Å². The van der Waals surface area contributed by atoms with E-state index in [1.807, 2.05) is 6.20 Å².